The molecule has 2 atom stereocenters. The molecule has 1 aliphatic rings. The fourth-order valence-electron chi connectivity index (χ4n) is 3.08. The average molecular weight is 362 g/mol. The number of aryl methyl sites for hydroxylation is 1. The summed E-state index contributed by atoms with van der Waals surface area (Å²) in [5, 5.41) is 2.73. The lowest BCUT2D eigenvalue weighted by Crippen LogP contribution is -2.47. The second kappa shape index (κ2) is 7.76. The summed E-state index contributed by atoms with van der Waals surface area (Å²) in [7, 11) is 1.57. The van der Waals surface area contributed by atoms with Crippen LogP contribution in [0.3, 0.4) is 0 Å². The molecule has 0 saturated carbocycles. The van der Waals surface area contributed by atoms with Crippen LogP contribution in [0.2, 0.25) is 0 Å². The van der Waals surface area contributed by atoms with E-state index in [4.69, 9.17) is 9.47 Å². The molecule has 0 radical (unpaired) electrons. The molecule has 1 saturated heterocycles. The van der Waals surface area contributed by atoms with Crippen LogP contribution in [0.4, 0.5) is 4.79 Å². The molecule has 1 N–H and O–H groups in total. The standard InChI is InChI=1S/C19H26N2O5/c1-6-10-26-16(22)14(7-2)21-17(23)19(4,20-18(21)24)13-8-9-15(25-5)12(3)11-13/h8-9,11,14H,6-7,10H2,1-5H3,(H,20,24). The first-order valence-electron chi connectivity index (χ1n) is 8.77. The maximum absolute atomic E-state index is 13.1. The van der Waals surface area contributed by atoms with Gasteiger partial charge in [-0.05, 0) is 49.9 Å². The van der Waals surface area contributed by atoms with E-state index in [-0.39, 0.29) is 6.61 Å². The smallest absolute Gasteiger partial charge is 0.329 e. The van der Waals surface area contributed by atoms with Crippen molar-refractivity contribution in [1.82, 2.24) is 10.2 Å². The summed E-state index contributed by atoms with van der Waals surface area (Å²) < 4.78 is 10.4. The fraction of sp³-hybridized carbons (Fsp3) is 0.526. The summed E-state index contributed by atoms with van der Waals surface area (Å²) in [5.74, 6) is -0.332. The number of urea groups is 1. The number of esters is 1. The Morgan fingerprint density at radius 2 is 2.00 bits per heavy atom. The third-order valence-electron chi connectivity index (χ3n) is 4.61. The van der Waals surface area contributed by atoms with Crippen molar-refractivity contribution < 1.29 is 23.9 Å². The zero-order valence-corrected chi connectivity index (χ0v) is 15.9. The summed E-state index contributed by atoms with van der Waals surface area (Å²) in [6, 6.07) is 3.77. The van der Waals surface area contributed by atoms with Crippen molar-refractivity contribution in [3.8, 4) is 5.75 Å². The predicted octanol–water partition coefficient (Wildman–Crippen LogP) is 2.50. The third kappa shape index (κ3) is 3.38. The Bertz CT molecular complexity index is 718. The van der Waals surface area contributed by atoms with Crippen molar-refractivity contribution in [2.24, 2.45) is 0 Å². The Morgan fingerprint density at radius 3 is 2.54 bits per heavy atom. The van der Waals surface area contributed by atoms with Crippen molar-refractivity contribution in [2.75, 3.05) is 13.7 Å². The first kappa shape index (κ1) is 19.8. The van der Waals surface area contributed by atoms with Gasteiger partial charge in [-0.25, -0.2) is 14.5 Å². The van der Waals surface area contributed by atoms with Gasteiger partial charge in [0.15, 0.2) is 0 Å². The van der Waals surface area contributed by atoms with E-state index in [1.807, 2.05) is 13.8 Å². The van der Waals surface area contributed by atoms with Crippen LogP contribution in [-0.2, 0) is 19.9 Å². The molecule has 0 bridgehead atoms. The van der Waals surface area contributed by atoms with Gasteiger partial charge in [-0.1, -0.05) is 19.9 Å². The maximum atomic E-state index is 13.1. The minimum Gasteiger partial charge on any atom is -0.496 e. The molecule has 1 heterocycles. The number of methoxy groups -OCH3 is 1. The van der Waals surface area contributed by atoms with Gasteiger partial charge in [0, 0.05) is 0 Å². The number of hydrogen-bond donors (Lipinski definition) is 1. The monoisotopic (exact) mass is 362 g/mol. The fourth-order valence-corrected chi connectivity index (χ4v) is 3.08. The second-order valence-corrected chi connectivity index (χ2v) is 6.51. The van der Waals surface area contributed by atoms with Crippen LogP contribution in [0.25, 0.3) is 0 Å². The highest BCUT2D eigenvalue weighted by atomic mass is 16.5. The molecule has 2 unspecified atom stereocenters. The summed E-state index contributed by atoms with van der Waals surface area (Å²) in [4.78, 5) is 38.9. The van der Waals surface area contributed by atoms with E-state index < -0.39 is 29.5 Å². The van der Waals surface area contributed by atoms with Crippen LogP contribution < -0.4 is 10.1 Å². The maximum Gasteiger partial charge on any atom is 0.329 e. The Kier molecular flexibility index (Phi) is 5.90. The molecule has 142 valence electrons. The topological polar surface area (TPSA) is 84.9 Å². The predicted molar refractivity (Wildman–Crippen MR) is 95.8 cm³/mol. The lowest BCUT2D eigenvalue weighted by atomic mass is 9.90. The first-order chi connectivity index (χ1) is 12.3. The van der Waals surface area contributed by atoms with Crippen LogP contribution in [0.5, 0.6) is 5.75 Å². The molecule has 3 amide bonds. The van der Waals surface area contributed by atoms with E-state index in [2.05, 4.69) is 5.32 Å². The molecule has 1 aromatic rings. The third-order valence-corrected chi connectivity index (χ3v) is 4.61. The SMILES string of the molecule is CCCOC(=O)C(CC)N1C(=O)NC(C)(c2ccc(OC)c(C)c2)C1=O. The number of carbonyl (C=O) groups excluding carboxylic acids is 3. The molecule has 1 aliphatic heterocycles. The number of carbonyl (C=O) groups is 3. The molecular formula is C19H26N2O5. The van der Waals surface area contributed by atoms with E-state index in [9.17, 15) is 14.4 Å². The quantitative estimate of drug-likeness (QED) is 0.595. The number of imide groups is 1. The normalized spacial score (nSPS) is 20.7. The average Bonchev–Trinajstić information content (AvgIpc) is 2.84. The molecule has 0 spiro atoms. The Hall–Kier alpha value is -2.57. The van der Waals surface area contributed by atoms with Gasteiger partial charge >= 0.3 is 12.0 Å². The van der Waals surface area contributed by atoms with Crippen molar-refractivity contribution in [3.63, 3.8) is 0 Å². The van der Waals surface area contributed by atoms with E-state index >= 15 is 0 Å². The van der Waals surface area contributed by atoms with Crippen LogP contribution >= 0.6 is 0 Å². The number of ether oxygens (including phenoxy) is 2. The highest BCUT2D eigenvalue weighted by molar-refractivity contribution is 6.09. The van der Waals surface area contributed by atoms with Crippen molar-refractivity contribution in [1.29, 1.82) is 0 Å². The van der Waals surface area contributed by atoms with Crippen molar-refractivity contribution in [2.45, 2.75) is 52.1 Å². The highest BCUT2D eigenvalue weighted by Gasteiger charge is 2.52. The van der Waals surface area contributed by atoms with E-state index in [0.717, 1.165) is 10.5 Å². The molecular weight excluding hydrogens is 336 g/mol. The summed E-state index contributed by atoms with van der Waals surface area (Å²) in [5.41, 5.74) is 0.238. The van der Waals surface area contributed by atoms with Crippen LogP contribution in [0, 0.1) is 6.92 Å². The minimum atomic E-state index is -1.24. The van der Waals surface area contributed by atoms with Gasteiger partial charge in [0.25, 0.3) is 5.91 Å². The summed E-state index contributed by atoms with van der Waals surface area (Å²) in [6.45, 7) is 7.38. The van der Waals surface area contributed by atoms with Crippen LogP contribution in [0.1, 0.15) is 44.7 Å². The molecule has 0 aromatic heterocycles. The zero-order valence-electron chi connectivity index (χ0n) is 15.9. The number of hydrogen-bond acceptors (Lipinski definition) is 5. The lowest BCUT2D eigenvalue weighted by molar-refractivity contribution is -0.153. The molecule has 2 rings (SSSR count). The van der Waals surface area contributed by atoms with Crippen molar-refractivity contribution in [3.05, 3.63) is 29.3 Å². The van der Waals surface area contributed by atoms with Gasteiger partial charge in [-0.2, -0.15) is 0 Å². The molecule has 26 heavy (non-hydrogen) atoms. The van der Waals surface area contributed by atoms with E-state index in [1.165, 1.54) is 0 Å². The zero-order chi connectivity index (χ0) is 19.5. The summed E-state index contributed by atoms with van der Waals surface area (Å²) in [6.07, 6.45) is 0.963. The van der Waals surface area contributed by atoms with E-state index in [0.29, 0.717) is 24.2 Å². The van der Waals surface area contributed by atoms with Crippen LogP contribution in [-0.4, -0.2) is 42.6 Å². The number of rotatable bonds is 7. The Balaban J connectivity index is 2.34. The van der Waals surface area contributed by atoms with Gasteiger partial charge in [0.05, 0.1) is 13.7 Å². The van der Waals surface area contributed by atoms with Crippen molar-refractivity contribution >= 4 is 17.9 Å². The molecule has 0 aliphatic carbocycles. The van der Waals surface area contributed by atoms with Gasteiger partial charge in [0.2, 0.25) is 0 Å². The van der Waals surface area contributed by atoms with Gasteiger partial charge in [-0.3, -0.25) is 4.79 Å². The highest BCUT2D eigenvalue weighted by Crippen LogP contribution is 2.33. The first-order valence-corrected chi connectivity index (χ1v) is 8.77. The second-order valence-electron chi connectivity index (χ2n) is 6.51. The Labute approximate surface area is 153 Å². The van der Waals surface area contributed by atoms with E-state index in [1.54, 1.807) is 39.2 Å². The van der Waals surface area contributed by atoms with Gasteiger partial charge in [-0.15, -0.1) is 0 Å². The number of benzene rings is 1. The molecule has 1 fully saturated rings. The van der Waals surface area contributed by atoms with Crippen LogP contribution in [0.15, 0.2) is 18.2 Å². The van der Waals surface area contributed by atoms with Gasteiger partial charge < -0.3 is 14.8 Å². The number of amides is 3. The molecule has 1 aromatic carbocycles. The minimum absolute atomic E-state index is 0.258. The number of nitrogens with one attached hydrogen (secondary N) is 1. The van der Waals surface area contributed by atoms with Gasteiger partial charge in [0.1, 0.15) is 17.3 Å². The summed E-state index contributed by atoms with van der Waals surface area (Å²) >= 11 is 0. The Morgan fingerprint density at radius 1 is 1.31 bits per heavy atom. The molecule has 7 nitrogen and oxygen atoms in total. The number of nitrogens with zero attached hydrogens (tertiary/aromatic N) is 1. The molecule has 7 heteroatoms. The lowest BCUT2D eigenvalue weighted by Gasteiger charge is -2.26. The largest absolute Gasteiger partial charge is 0.496 e.